The number of benzene rings is 2. The summed E-state index contributed by atoms with van der Waals surface area (Å²) in [5.74, 6) is 1.45. The molecular formula is C25H30INO5. The van der Waals surface area contributed by atoms with Crippen LogP contribution in [0.25, 0.3) is 0 Å². The van der Waals surface area contributed by atoms with Gasteiger partial charge in [0.05, 0.1) is 35.0 Å². The number of hydrogen-bond acceptors (Lipinski definition) is 4. The maximum atomic E-state index is 12.1. The molecule has 2 atom stereocenters. The summed E-state index contributed by atoms with van der Waals surface area (Å²) in [6.07, 6.45) is 1.45. The van der Waals surface area contributed by atoms with Gasteiger partial charge in [-0.15, -0.1) is 0 Å². The third kappa shape index (κ3) is 5.75. The minimum absolute atomic E-state index is 0.00776. The first-order valence-electron chi connectivity index (χ1n) is 10.6. The van der Waals surface area contributed by atoms with Crippen LogP contribution in [0.1, 0.15) is 48.3 Å². The van der Waals surface area contributed by atoms with Gasteiger partial charge in [0.25, 0.3) is 0 Å². The molecular weight excluding hydrogens is 521 g/mol. The Morgan fingerprint density at radius 1 is 1.19 bits per heavy atom. The van der Waals surface area contributed by atoms with Crippen molar-refractivity contribution in [2.45, 2.75) is 37.2 Å². The maximum absolute atomic E-state index is 12.1. The Morgan fingerprint density at radius 3 is 2.53 bits per heavy atom. The Bertz CT molecular complexity index is 955. The second-order valence-electron chi connectivity index (χ2n) is 8.94. The molecule has 1 aliphatic rings. The fraction of sp³-hybridized carbons (Fsp3) is 0.400. The van der Waals surface area contributed by atoms with Crippen molar-refractivity contribution in [2.24, 2.45) is 5.41 Å². The number of alkyl halides is 1. The van der Waals surface area contributed by atoms with Gasteiger partial charge in [-0.2, -0.15) is 0 Å². The van der Waals surface area contributed by atoms with Crippen molar-refractivity contribution in [2.75, 3.05) is 19.8 Å². The Kier molecular flexibility index (Phi) is 8.05. The van der Waals surface area contributed by atoms with Crippen LogP contribution in [0.4, 0.5) is 4.79 Å². The summed E-state index contributed by atoms with van der Waals surface area (Å²) in [6, 6.07) is 14.6. The van der Waals surface area contributed by atoms with Crippen molar-refractivity contribution in [3.63, 3.8) is 0 Å². The molecule has 1 heterocycles. The SMILES string of the molecule is CC(C)(C)CCOc1cccc2c1C(I)C(C(c1ccccc1)N(CCO)C(=O)O)=CO2. The molecule has 0 fully saturated rings. The number of hydrogen-bond donors (Lipinski definition) is 2. The minimum atomic E-state index is -1.10. The van der Waals surface area contributed by atoms with E-state index in [9.17, 15) is 15.0 Å². The Morgan fingerprint density at radius 2 is 1.91 bits per heavy atom. The highest BCUT2D eigenvalue weighted by Crippen LogP contribution is 2.50. The summed E-state index contributed by atoms with van der Waals surface area (Å²) in [6.45, 7) is 6.83. The quantitative estimate of drug-likeness (QED) is 0.313. The molecule has 0 radical (unpaired) electrons. The second kappa shape index (κ2) is 10.6. The van der Waals surface area contributed by atoms with Crippen LogP contribution in [0, 0.1) is 5.41 Å². The molecule has 0 bridgehead atoms. The molecule has 1 aliphatic heterocycles. The molecule has 2 aromatic carbocycles. The Hall–Kier alpha value is -2.26. The molecule has 3 rings (SSSR count). The predicted octanol–water partition coefficient (Wildman–Crippen LogP) is 5.97. The number of nitrogens with zero attached hydrogens (tertiary/aromatic N) is 1. The van der Waals surface area contributed by atoms with Crippen molar-refractivity contribution in [1.82, 2.24) is 4.90 Å². The van der Waals surface area contributed by atoms with Crippen molar-refractivity contribution in [3.8, 4) is 11.5 Å². The average molecular weight is 551 g/mol. The number of carbonyl (C=O) groups is 1. The lowest BCUT2D eigenvalue weighted by molar-refractivity contribution is 0.116. The second-order valence-corrected chi connectivity index (χ2v) is 10.2. The smallest absolute Gasteiger partial charge is 0.408 e. The van der Waals surface area contributed by atoms with Crippen LogP contribution in [0.5, 0.6) is 11.5 Å². The van der Waals surface area contributed by atoms with Gasteiger partial charge in [0.1, 0.15) is 11.5 Å². The fourth-order valence-electron chi connectivity index (χ4n) is 3.66. The summed E-state index contributed by atoms with van der Waals surface area (Å²) in [7, 11) is 0. The van der Waals surface area contributed by atoms with Crippen molar-refractivity contribution in [3.05, 3.63) is 71.5 Å². The van der Waals surface area contributed by atoms with E-state index in [-0.39, 0.29) is 22.5 Å². The lowest BCUT2D eigenvalue weighted by Crippen LogP contribution is -2.38. The highest BCUT2D eigenvalue weighted by atomic mass is 127. The number of aliphatic hydroxyl groups is 1. The van der Waals surface area contributed by atoms with E-state index >= 15 is 0 Å². The van der Waals surface area contributed by atoms with Gasteiger partial charge in [-0.1, -0.05) is 79.8 Å². The van der Waals surface area contributed by atoms with E-state index in [1.165, 1.54) is 4.90 Å². The van der Waals surface area contributed by atoms with E-state index < -0.39 is 12.1 Å². The van der Waals surface area contributed by atoms with Gasteiger partial charge < -0.3 is 19.7 Å². The number of ether oxygens (including phenoxy) is 2. The molecule has 0 saturated carbocycles. The molecule has 2 aromatic rings. The van der Waals surface area contributed by atoms with Gasteiger partial charge in [-0.25, -0.2) is 4.79 Å². The summed E-state index contributed by atoms with van der Waals surface area (Å²) in [4.78, 5) is 13.4. The molecule has 1 amide bonds. The highest BCUT2D eigenvalue weighted by Gasteiger charge is 2.36. The van der Waals surface area contributed by atoms with Gasteiger partial charge >= 0.3 is 6.09 Å². The zero-order valence-corrected chi connectivity index (χ0v) is 20.8. The molecule has 32 heavy (non-hydrogen) atoms. The first-order valence-corrected chi connectivity index (χ1v) is 11.9. The van der Waals surface area contributed by atoms with Gasteiger partial charge in [0, 0.05) is 12.1 Å². The standard InChI is InChI=1S/C25H30INO5/c1-25(2,3)12-15-31-19-10-7-11-20-21(19)22(26)18(16-32-20)23(17-8-5-4-6-9-17)27(13-14-28)24(29)30/h4-11,16,22-23,28H,12-15H2,1-3H3,(H,29,30). The van der Waals surface area contributed by atoms with Crippen LogP contribution in [0.15, 0.2) is 60.4 Å². The normalized spacial score (nSPS) is 16.4. The summed E-state index contributed by atoms with van der Waals surface area (Å²) >= 11 is 2.32. The molecule has 172 valence electrons. The zero-order valence-electron chi connectivity index (χ0n) is 18.6. The predicted molar refractivity (Wildman–Crippen MR) is 132 cm³/mol. The monoisotopic (exact) mass is 551 g/mol. The number of rotatable bonds is 8. The van der Waals surface area contributed by atoms with Crippen LogP contribution in [0.2, 0.25) is 0 Å². The van der Waals surface area contributed by atoms with E-state index in [4.69, 9.17) is 9.47 Å². The van der Waals surface area contributed by atoms with Crippen molar-refractivity contribution < 1.29 is 24.5 Å². The molecule has 0 spiro atoms. The van der Waals surface area contributed by atoms with E-state index in [1.807, 2.05) is 48.5 Å². The molecule has 2 N–H and O–H groups in total. The Balaban J connectivity index is 1.98. The van der Waals surface area contributed by atoms with E-state index in [2.05, 4.69) is 43.4 Å². The number of amides is 1. The zero-order chi connectivity index (χ0) is 23.3. The first-order chi connectivity index (χ1) is 15.2. The Labute approximate surface area is 203 Å². The third-order valence-electron chi connectivity index (χ3n) is 5.33. The largest absolute Gasteiger partial charge is 0.493 e. The molecule has 0 aromatic heterocycles. The van der Waals surface area contributed by atoms with E-state index in [1.54, 1.807) is 6.26 Å². The molecule has 2 unspecified atom stereocenters. The topological polar surface area (TPSA) is 79.2 Å². The minimum Gasteiger partial charge on any atom is -0.493 e. The van der Waals surface area contributed by atoms with Crippen LogP contribution < -0.4 is 9.47 Å². The molecule has 0 aliphatic carbocycles. The van der Waals surface area contributed by atoms with Crippen molar-refractivity contribution in [1.29, 1.82) is 0 Å². The summed E-state index contributed by atoms with van der Waals surface area (Å²) in [5.41, 5.74) is 2.65. The van der Waals surface area contributed by atoms with Crippen LogP contribution in [-0.2, 0) is 0 Å². The van der Waals surface area contributed by atoms with Gasteiger partial charge in [-0.05, 0) is 29.5 Å². The van der Waals surface area contributed by atoms with Crippen LogP contribution in [0.3, 0.4) is 0 Å². The molecule has 0 saturated heterocycles. The number of carboxylic acid groups (broad SMARTS) is 1. The first kappa shape index (κ1) is 24.4. The lowest BCUT2D eigenvalue weighted by Gasteiger charge is -2.35. The van der Waals surface area contributed by atoms with Crippen molar-refractivity contribution >= 4 is 28.7 Å². The average Bonchev–Trinajstić information content (AvgIpc) is 2.74. The van der Waals surface area contributed by atoms with Gasteiger partial charge in [0.2, 0.25) is 0 Å². The van der Waals surface area contributed by atoms with E-state index in [0.717, 1.165) is 28.9 Å². The highest BCUT2D eigenvalue weighted by molar-refractivity contribution is 14.1. The lowest BCUT2D eigenvalue weighted by atomic mass is 9.91. The van der Waals surface area contributed by atoms with Gasteiger partial charge in [-0.3, -0.25) is 4.90 Å². The number of aliphatic hydroxyl groups excluding tert-OH is 1. The number of fused-ring (bicyclic) bond motifs is 1. The van der Waals surface area contributed by atoms with Crippen LogP contribution >= 0.6 is 22.6 Å². The third-order valence-corrected chi connectivity index (χ3v) is 6.68. The molecule has 7 heteroatoms. The molecule has 6 nitrogen and oxygen atoms in total. The fourth-order valence-corrected chi connectivity index (χ4v) is 4.76. The maximum Gasteiger partial charge on any atom is 0.408 e. The van der Waals surface area contributed by atoms with E-state index in [0.29, 0.717) is 12.4 Å². The summed E-state index contributed by atoms with van der Waals surface area (Å²) in [5, 5.41) is 19.4. The number of halogens is 1. The van der Waals surface area contributed by atoms with Crippen LogP contribution in [-0.4, -0.2) is 41.0 Å². The van der Waals surface area contributed by atoms with Gasteiger partial charge in [0.15, 0.2) is 0 Å². The summed E-state index contributed by atoms with van der Waals surface area (Å²) < 4.78 is 12.0.